The van der Waals surface area contributed by atoms with Gasteiger partial charge in [0, 0.05) is 12.8 Å². The van der Waals surface area contributed by atoms with E-state index in [0.29, 0.717) is 17.4 Å². The Hall–Kier alpha value is -1.53. The zero-order chi connectivity index (χ0) is 28.5. The van der Waals surface area contributed by atoms with Crippen LogP contribution in [0.2, 0.25) is 0 Å². The Morgan fingerprint density at radius 3 is 1.94 bits per heavy atom. The molecule has 36 heavy (non-hydrogen) atoms. The van der Waals surface area contributed by atoms with Gasteiger partial charge in [-0.15, -0.1) is 0 Å². The molecule has 0 aliphatic heterocycles. The van der Waals surface area contributed by atoms with Gasteiger partial charge in [0.15, 0.2) is 0 Å². The van der Waals surface area contributed by atoms with Crippen LogP contribution in [0.4, 0.5) is 0 Å². The quantitative estimate of drug-likeness (QED) is 0.0580. The molecule has 0 aliphatic carbocycles. The predicted octanol–water partition coefficient (Wildman–Crippen LogP) is 4.31. The molecule has 3 N–H and O–H groups in total. The molecule has 0 aromatic carbocycles. The van der Waals surface area contributed by atoms with Gasteiger partial charge in [0.05, 0.1) is 34.4 Å². The SMILES string of the molecule is CCC(=O)N[N+](C)(C)C.CCCCCC[C@@H](O)C/C=C\CCCCCCCC(=O)O.COS(=O)(=O)[O-]. The molecule has 0 aromatic heterocycles. The fraction of sp³-hybridized carbons (Fsp3) is 0.840. The standard InChI is InChI=1S/C18H34O3.C6H14N2O.CH4O4S/c1-2-3-4-11-14-17(19)15-12-9-7-5-6-8-10-13-16-18(20)21;1-5-6(9)7-8(2,3)4;1-5-6(2,3)4/h9,12,17,19H,2-8,10-11,13-16H2,1H3,(H,20,21);5H2,1-4H3;1H3,(H,2,3,4)/b12-9-;;/t17-;;/m1../s1. The summed E-state index contributed by atoms with van der Waals surface area (Å²) in [4.78, 5) is 21.0. The van der Waals surface area contributed by atoms with Crippen molar-refractivity contribution in [2.24, 2.45) is 0 Å². The van der Waals surface area contributed by atoms with Crippen LogP contribution < -0.4 is 5.43 Å². The van der Waals surface area contributed by atoms with Crippen molar-refractivity contribution in [2.45, 2.75) is 110 Å². The maximum absolute atomic E-state index is 10.7. The van der Waals surface area contributed by atoms with Gasteiger partial charge in [-0.05, 0) is 32.1 Å². The molecule has 10 nitrogen and oxygen atoms in total. The number of hydrogen-bond donors (Lipinski definition) is 3. The lowest BCUT2D eigenvalue weighted by Gasteiger charge is -2.22. The number of nitrogens with one attached hydrogen (secondary N) is 1. The van der Waals surface area contributed by atoms with Gasteiger partial charge in [-0.25, -0.2) is 18.4 Å². The van der Waals surface area contributed by atoms with Crippen molar-refractivity contribution in [3.63, 3.8) is 0 Å². The van der Waals surface area contributed by atoms with Gasteiger partial charge in [-0.2, -0.15) is 0 Å². The molecule has 0 heterocycles. The number of quaternary nitrogens is 1. The molecule has 216 valence electrons. The Labute approximate surface area is 219 Å². The lowest BCUT2D eigenvalue weighted by Crippen LogP contribution is -2.50. The number of unbranched alkanes of at least 4 members (excludes halogenated alkanes) is 8. The second-order valence-corrected chi connectivity index (χ2v) is 10.5. The third-order valence-electron chi connectivity index (χ3n) is 4.71. The first-order valence-corrected chi connectivity index (χ1v) is 14.2. The molecular weight excluding hydrogens is 488 g/mol. The summed E-state index contributed by atoms with van der Waals surface area (Å²) >= 11 is 0. The molecule has 11 heteroatoms. The number of hydrogen-bond acceptors (Lipinski definition) is 7. The number of nitrogens with zero attached hydrogens (tertiary/aromatic N) is 1. The Kier molecular flexibility index (Phi) is 27.2. The van der Waals surface area contributed by atoms with Crippen LogP contribution >= 0.6 is 0 Å². The van der Waals surface area contributed by atoms with Gasteiger partial charge < -0.3 is 14.8 Å². The maximum Gasteiger partial charge on any atom is 0.303 e. The fourth-order valence-corrected chi connectivity index (χ4v) is 2.82. The Morgan fingerprint density at radius 2 is 1.50 bits per heavy atom. The molecule has 0 radical (unpaired) electrons. The van der Waals surface area contributed by atoms with Crippen molar-refractivity contribution >= 4 is 22.3 Å². The number of rotatable bonds is 18. The molecule has 1 amide bonds. The molecule has 0 unspecified atom stereocenters. The van der Waals surface area contributed by atoms with Crippen LogP contribution in [0.5, 0.6) is 0 Å². The van der Waals surface area contributed by atoms with Gasteiger partial charge >= 0.3 is 5.97 Å². The van der Waals surface area contributed by atoms with Gasteiger partial charge in [0.2, 0.25) is 10.4 Å². The van der Waals surface area contributed by atoms with Crippen molar-refractivity contribution < 1.29 is 41.5 Å². The van der Waals surface area contributed by atoms with Crippen molar-refractivity contribution in [1.29, 1.82) is 0 Å². The highest BCUT2D eigenvalue weighted by molar-refractivity contribution is 7.80. The molecule has 1 atom stereocenters. The summed E-state index contributed by atoms with van der Waals surface area (Å²) in [7, 11) is 2.13. The van der Waals surface area contributed by atoms with Crippen LogP contribution in [-0.2, 0) is 24.2 Å². The monoisotopic (exact) mass is 540 g/mol. The lowest BCUT2D eigenvalue weighted by atomic mass is 10.1. The van der Waals surface area contributed by atoms with E-state index < -0.39 is 16.4 Å². The van der Waals surface area contributed by atoms with Gasteiger partial charge in [0.1, 0.15) is 0 Å². The molecule has 0 bridgehead atoms. The molecule has 0 rings (SSSR count). The number of aliphatic hydroxyl groups is 1. The zero-order valence-electron chi connectivity index (χ0n) is 23.3. The minimum Gasteiger partial charge on any atom is -0.726 e. The summed E-state index contributed by atoms with van der Waals surface area (Å²) in [5.41, 5.74) is 2.77. The number of amides is 1. The molecular formula is C25H52N2O8S. The van der Waals surface area contributed by atoms with Crippen LogP contribution in [0.15, 0.2) is 12.2 Å². The molecule has 0 saturated carbocycles. The second kappa shape index (κ2) is 25.1. The Bertz CT molecular complexity index is 661. The van der Waals surface area contributed by atoms with Crippen molar-refractivity contribution in [3.8, 4) is 0 Å². The van der Waals surface area contributed by atoms with Crippen molar-refractivity contribution in [1.82, 2.24) is 5.43 Å². The highest BCUT2D eigenvalue weighted by atomic mass is 32.3. The number of aliphatic carboxylic acids is 1. The average molecular weight is 541 g/mol. The summed E-state index contributed by atoms with van der Waals surface area (Å²) < 4.78 is 31.5. The first kappa shape index (κ1) is 39.0. The van der Waals surface area contributed by atoms with E-state index in [9.17, 15) is 27.7 Å². The van der Waals surface area contributed by atoms with Gasteiger partial charge in [-0.1, -0.05) is 70.9 Å². The van der Waals surface area contributed by atoms with Crippen LogP contribution in [0.25, 0.3) is 0 Å². The summed E-state index contributed by atoms with van der Waals surface area (Å²) in [5, 5.41) is 18.3. The lowest BCUT2D eigenvalue weighted by molar-refractivity contribution is -0.906. The van der Waals surface area contributed by atoms with Gasteiger partial charge in [-0.3, -0.25) is 13.8 Å². The van der Waals surface area contributed by atoms with Crippen LogP contribution in [0.3, 0.4) is 0 Å². The third-order valence-corrected chi connectivity index (χ3v) is 5.12. The van der Waals surface area contributed by atoms with E-state index in [1.807, 2.05) is 28.1 Å². The number of carboxylic acids is 1. The second-order valence-electron chi connectivity index (χ2n) is 9.39. The van der Waals surface area contributed by atoms with E-state index in [1.54, 1.807) is 0 Å². The molecule has 0 aliphatic rings. The summed E-state index contributed by atoms with van der Waals surface area (Å²) in [6, 6.07) is 0. The number of carbonyl (C=O) groups excluding carboxylic acids is 1. The molecule has 0 saturated heterocycles. The van der Waals surface area contributed by atoms with E-state index in [-0.39, 0.29) is 12.0 Å². The highest BCUT2D eigenvalue weighted by Gasteiger charge is 2.09. The predicted molar refractivity (Wildman–Crippen MR) is 142 cm³/mol. The Morgan fingerprint density at radius 1 is 0.972 bits per heavy atom. The molecule has 0 fully saturated rings. The van der Waals surface area contributed by atoms with E-state index in [1.165, 1.54) is 25.7 Å². The number of carbonyl (C=O) groups is 2. The normalized spacial score (nSPS) is 12.2. The van der Waals surface area contributed by atoms with Crippen molar-refractivity contribution in [2.75, 3.05) is 28.3 Å². The maximum atomic E-state index is 10.7. The summed E-state index contributed by atoms with van der Waals surface area (Å²) in [5.74, 6) is -0.603. The minimum atomic E-state index is -4.41. The van der Waals surface area contributed by atoms with Crippen molar-refractivity contribution in [3.05, 3.63) is 12.2 Å². The average Bonchev–Trinajstić information content (AvgIpc) is 2.77. The molecule has 0 aromatic rings. The highest BCUT2D eigenvalue weighted by Crippen LogP contribution is 2.10. The van der Waals surface area contributed by atoms with Gasteiger partial charge in [0.25, 0.3) is 5.91 Å². The minimum absolute atomic E-state index is 0.0856. The van der Waals surface area contributed by atoms with E-state index in [0.717, 1.165) is 58.5 Å². The van der Waals surface area contributed by atoms with E-state index >= 15 is 0 Å². The van der Waals surface area contributed by atoms with Crippen LogP contribution in [0.1, 0.15) is 104 Å². The summed E-state index contributed by atoms with van der Waals surface area (Å²) in [6.07, 6.45) is 17.9. The number of allylic oxidation sites excluding steroid dienone is 1. The number of aliphatic hydroxyl groups excluding tert-OH is 1. The topological polar surface area (TPSA) is 153 Å². The van der Waals surface area contributed by atoms with E-state index in [2.05, 4.69) is 28.7 Å². The Balaban J connectivity index is -0.000000593. The third kappa shape index (κ3) is 42.6. The first-order chi connectivity index (χ1) is 16.7. The van der Waals surface area contributed by atoms with Crippen LogP contribution in [0, 0.1) is 0 Å². The summed E-state index contributed by atoms with van der Waals surface area (Å²) in [6.45, 7) is 4.04. The fourth-order valence-electron chi connectivity index (χ4n) is 2.82. The zero-order valence-corrected chi connectivity index (χ0v) is 24.1. The number of carboxylic acid groups (broad SMARTS) is 1. The smallest absolute Gasteiger partial charge is 0.303 e. The largest absolute Gasteiger partial charge is 0.726 e. The van der Waals surface area contributed by atoms with Crippen LogP contribution in [-0.4, -0.2) is 74.0 Å². The molecule has 0 spiro atoms. The van der Waals surface area contributed by atoms with E-state index in [4.69, 9.17) is 5.11 Å². The first-order valence-electron chi connectivity index (χ1n) is 12.9.